The maximum Gasteiger partial charge on any atom is 0.134 e. The molecule has 0 bridgehead atoms. The molecule has 0 aromatic carbocycles. The van der Waals surface area contributed by atoms with Crippen molar-refractivity contribution in [3.8, 4) is 0 Å². The van der Waals surface area contributed by atoms with Crippen molar-refractivity contribution in [3.05, 3.63) is 17.5 Å². The second-order valence-electron chi connectivity index (χ2n) is 4.95. The van der Waals surface area contributed by atoms with E-state index in [1.165, 1.54) is 32.0 Å². The van der Waals surface area contributed by atoms with Crippen LogP contribution in [-0.2, 0) is 0 Å². The highest BCUT2D eigenvalue weighted by Crippen LogP contribution is 2.49. The van der Waals surface area contributed by atoms with Crippen LogP contribution in [0.1, 0.15) is 25.7 Å². The molecule has 1 heterocycles. The van der Waals surface area contributed by atoms with Gasteiger partial charge in [0.15, 0.2) is 0 Å². The Kier molecular flexibility index (Phi) is 2.72. The van der Waals surface area contributed by atoms with Crippen LogP contribution in [0.15, 0.2) is 12.4 Å². The average Bonchev–Trinajstić information content (AvgIpc) is 3.13. The van der Waals surface area contributed by atoms with Crippen LogP contribution in [0.4, 0.5) is 5.82 Å². The molecule has 1 aromatic heterocycles. The zero-order valence-corrected chi connectivity index (χ0v) is 9.95. The van der Waals surface area contributed by atoms with Crippen molar-refractivity contribution in [2.75, 3.05) is 11.9 Å². The van der Waals surface area contributed by atoms with Gasteiger partial charge < -0.3 is 5.32 Å². The first-order valence-corrected chi connectivity index (χ1v) is 6.42. The van der Waals surface area contributed by atoms with Crippen LogP contribution in [0.25, 0.3) is 0 Å². The van der Waals surface area contributed by atoms with E-state index in [-0.39, 0.29) is 0 Å². The van der Waals surface area contributed by atoms with E-state index in [2.05, 4.69) is 15.3 Å². The van der Waals surface area contributed by atoms with Gasteiger partial charge in [-0.05, 0) is 43.4 Å². The summed E-state index contributed by atoms with van der Waals surface area (Å²) in [6, 6.07) is 1.79. The molecule has 86 valence electrons. The standard InChI is InChI=1S/C12H16ClN3/c13-11-5-12(16-7-15-11)14-6-10(8-1-2-8)9-3-4-9/h5,7-10H,1-4,6H2,(H,14,15,16). The Labute approximate surface area is 101 Å². The fourth-order valence-electron chi connectivity index (χ4n) is 2.42. The van der Waals surface area contributed by atoms with Crippen LogP contribution in [0.2, 0.25) is 5.15 Å². The molecule has 0 unspecified atom stereocenters. The molecule has 0 radical (unpaired) electrons. The Morgan fingerprint density at radius 3 is 2.50 bits per heavy atom. The largest absolute Gasteiger partial charge is 0.370 e. The lowest BCUT2D eigenvalue weighted by atomic mass is 9.98. The van der Waals surface area contributed by atoms with E-state index in [4.69, 9.17) is 11.6 Å². The number of nitrogens with zero attached hydrogens (tertiary/aromatic N) is 2. The highest BCUT2D eigenvalue weighted by Gasteiger charge is 2.40. The molecule has 0 saturated heterocycles. The molecule has 0 atom stereocenters. The van der Waals surface area contributed by atoms with Gasteiger partial charge in [0.25, 0.3) is 0 Å². The smallest absolute Gasteiger partial charge is 0.134 e. The van der Waals surface area contributed by atoms with Gasteiger partial charge in [0.1, 0.15) is 17.3 Å². The van der Waals surface area contributed by atoms with Gasteiger partial charge in [0.2, 0.25) is 0 Å². The molecule has 3 nitrogen and oxygen atoms in total. The third-order valence-electron chi connectivity index (χ3n) is 3.61. The molecule has 1 N–H and O–H groups in total. The lowest BCUT2D eigenvalue weighted by Gasteiger charge is -2.16. The number of hydrogen-bond donors (Lipinski definition) is 1. The highest BCUT2D eigenvalue weighted by molar-refractivity contribution is 6.29. The highest BCUT2D eigenvalue weighted by atomic mass is 35.5. The van der Waals surface area contributed by atoms with Gasteiger partial charge in [-0.25, -0.2) is 9.97 Å². The maximum atomic E-state index is 5.82. The van der Waals surface area contributed by atoms with Crippen molar-refractivity contribution in [1.82, 2.24) is 9.97 Å². The summed E-state index contributed by atoms with van der Waals surface area (Å²) in [6.07, 6.45) is 7.20. The summed E-state index contributed by atoms with van der Waals surface area (Å²) in [5.41, 5.74) is 0. The number of rotatable bonds is 5. The summed E-state index contributed by atoms with van der Waals surface area (Å²) in [5.74, 6) is 3.65. The molecule has 2 fully saturated rings. The molecule has 3 rings (SSSR count). The van der Waals surface area contributed by atoms with Crippen LogP contribution in [-0.4, -0.2) is 16.5 Å². The number of hydrogen-bond acceptors (Lipinski definition) is 3. The van der Waals surface area contributed by atoms with E-state index in [1.807, 2.05) is 0 Å². The third-order valence-corrected chi connectivity index (χ3v) is 3.81. The fraction of sp³-hybridized carbons (Fsp3) is 0.667. The lowest BCUT2D eigenvalue weighted by Crippen LogP contribution is -2.18. The van der Waals surface area contributed by atoms with E-state index >= 15 is 0 Å². The summed E-state index contributed by atoms with van der Waals surface area (Å²) < 4.78 is 0. The second kappa shape index (κ2) is 4.21. The minimum Gasteiger partial charge on any atom is -0.370 e. The quantitative estimate of drug-likeness (QED) is 0.801. The molecule has 2 saturated carbocycles. The molecule has 0 aliphatic heterocycles. The average molecular weight is 238 g/mol. The Morgan fingerprint density at radius 2 is 1.94 bits per heavy atom. The number of anilines is 1. The van der Waals surface area contributed by atoms with Crippen molar-refractivity contribution in [2.24, 2.45) is 17.8 Å². The van der Waals surface area contributed by atoms with Crippen LogP contribution in [0.3, 0.4) is 0 Å². The van der Waals surface area contributed by atoms with E-state index in [1.54, 1.807) is 6.07 Å². The van der Waals surface area contributed by atoms with Crippen molar-refractivity contribution < 1.29 is 0 Å². The van der Waals surface area contributed by atoms with Crippen molar-refractivity contribution >= 4 is 17.4 Å². The van der Waals surface area contributed by atoms with Crippen LogP contribution in [0, 0.1) is 17.8 Å². The zero-order chi connectivity index (χ0) is 11.0. The van der Waals surface area contributed by atoms with Gasteiger partial charge in [0.05, 0.1) is 0 Å². The van der Waals surface area contributed by atoms with Gasteiger partial charge in [0, 0.05) is 12.6 Å². The first-order valence-electron chi connectivity index (χ1n) is 6.04. The predicted molar refractivity (Wildman–Crippen MR) is 64.5 cm³/mol. The van der Waals surface area contributed by atoms with Crippen LogP contribution in [0.5, 0.6) is 0 Å². The summed E-state index contributed by atoms with van der Waals surface area (Å²) >= 11 is 5.82. The Balaban J connectivity index is 1.58. The van der Waals surface area contributed by atoms with E-state index in [0.29, 0.717) is 5.15 Å². The van der Waals surface area contributed by atoms with Gasteiger partial charge in [-0.15, -0.1) is 0 Å². The van der Waals surface area contributed by atoms with Crippen LogP contribution >= 0.6 is 11.6 Å². The number of aromatic nitrogens is 2. The summed E-state index contributed by atoms with van der Waals surface area (Å²) in [4.78, 5) is 8.04. The van der Waals surface area contributed by atoms with Gasteiger partial charge >= 0.3 is 0 Å². The SMILES string of the molecule is Clc1cc(NCC(C2CC2)C2CC2)ncn1. The first-order chi connectivity index (χ1) is 7.83. The van der Waals surface area contributed by atoms with Gasteiger partial charge in [-0.3, -0.25) is 0 Å². The Bertz CT molecular complexity index is 362. The summed E-state index contributed by atoms with van der Waals surface area (Å²) in [7, 11) is 0. The predicted octanol–water partition coefficient (Wildman–Crippen LogP) is 2.98. The van der Waals surface area contributed by atoms with E-state index < -0.39 is 0 Å². The van der Waals surface area contributed by atoms with E-state index in [0.717, 1.165) is 30.1 Å². The first kappa shape index (κ1) is 10.3. The lowest BCUT2D eigenvalue weighted by molar-refractivity contribution is 0.427. The molecular weight excluding hydrogens is 222 g/mol. The minimum absolute atomic E-state index is 0.506. The molecule has 0 amide bonds. The normalized spacial score (nSPS) is 20.1. The molecule has 1 aromatic rings. The van der Waals surface area contributed by atoms with Crippen molar-refractivity contribution in [1.29, 1.82) is 0 Å². The third kappa shape index (κ3) is 2.46. The molecular formula is C12H16ClN3. The Hall–Kier alpha value is -0.830. The van der Waals surface area contributed by atoms with Crippen LogP contribution < -0.4 is 5.32 Å². The summed E-state index contributed by atoms with van der Waals surface area (Å²) in [5, 5.41) is 3.90. The van der Waals surface area contributed by atoms with E-state index in [9.17, 15) is 0 Å². The molecule has 2 aliphatic carbocycles. The molecule has 0 spiro atoms. The second-order valence-corrected chi connectivity index (χ2v) is 5.33. The molecule has 4 heteroatoms. The van der Waals surface area contributed by atoms with Gasteiger partial charge in [-0.1, -0.05) is 11.6 Å². The Morgan fingerprint density at radius 1 is 1.25 bits per heavy atom. The monoisotopic (exact) mass is 237 g/mol. The maximum absolute atomic E-state index is 5.82. The topological polar surface area (TPSA) is 37.8 Å². The van der Waals surface area contributed by atoms with Crippen molar-refractivity contribution in [3.63, 3.8) is 0 Å². The van der Waals surface area contributed by atoms with Gasteiger partial charge in [-0.2, -0.15) is 0 Å². The number of nitrogens with one attached hydrogen (secondary N) is 1. The molecule has 2 aliphatic rings. The zero-order valence-electron chi connectivity index (χ0n) is 9.19. The van der Waals surface area contributed by atoms with Crippen molar-refractivity contribution in [2.45, 2.75) is 25.7 Å². The molecule has 16 heavy (non-hydrogen) atoms. The summed E-state index contributed by atoms with van der Waals surface area (Å²) in [6.45, 7) is 1.04. The number of halogens is 1. The fourth-order valence-corrected chi connectivity index (χ4v) is 2.57. The minimum atomic E-state index is 0.506.